The third-order valence-corrected chi connectivity index (χ3v) is 6.14. The van der Waals surface area contributed by atoms with Crippen molar-refractivity contribution >= 4 is 11.4 Å². The second-order valence-electron chi connectivity index (χ2n) is 8.18. The van der Waals surface area contributed by atoms with Gasteiger partial charge >= 0.3 is 0 Å². The first-order valence-electron chi connectivity index (χ1n) is 10.7. The van der Waals surface area contributed by atoms with E-state index in [1.54, 1.807) is 30.7 Å². The van der Waals surface area contributed by atoms with Crippen molar-refractivity contribution in [3.8, 4) is 0 Å². The molecule has 32 heavy (non-hydrogen) atoms. The molecule has 4 heterocycles. The lowest BCUT2D eigenvalue weighted by molar-refractivity contribution is -0.118. The lowest BCUT2D eigenvalue weighted by Gasteiger charge is -2.35. The van der Waals surface area contributed by atoms with Crippen LogP contribution in [0.25, 0.3) is 5.52 Å². The summed E-state index contributed by atoms with van der Waals surface area (Å²) in [5, 5.41) is 7.48. The number of pyridine rings is 1. The average molecular weight is 436 g/mol. The van der Waals surface area contributed by atoms with E-state index in [0.717, 1.165) is 30.7 Å². The summed E-state index contributed by atoms with van der Waals surface area (Å²) in [6.07, 6.45) is 10.3. The Hall–Kier alpha value is -3.82. The number of aromatic nitrogens is 4. The number of H-pyrrole nitrogens is 1. The zero-order chi connectivity index (χ0) is 22.2. The number of amides is 1. The number of hydrogen-bond acceptors (Lipinski definition) is 6. The fourth-order valence-electron chi connectivity index (χ4n) is 4.16. The van der Waals surface area contributed by atoms with Gasteiger partial charge in [-0.15, -0.1) is 0 Å². The van der Waals surface area contributed by atoms with Crippen LogP contribution in [-0.2, 0) is 11.2 Å². The van der Waals surface area contributed by atoms with Crippen LogP contribution in [0.5, 0.6) is 0 Å². The predicted molar refractivity (Wildman–Crippen MR) is 116 cm³/mol. The summed E-state index contributed by atoms with van der Waals surface area (Å²) in [5.74, 6) is -0.229. The van der Waals surface area contributed by atoms with Gasteiger partial charge in [0.05, 0.1) is 29.2 Å². The maximum absolute atomic E-state index is 14.3. The Balaban J connectivity index is 1.46. The van der Waals surface area contributed by atoms with Crippen molar-refractivity contribution in [3.05, 3.63) is 77.3 Å². The molecule has 0 saturated heterocycles. The topological polar surface area (TPSA) is 130 Å². The van der Waals surface area contributed by atoms with Crippen LogP contribution >= 0.6 is 0 Å². The number of halogens is 1. The molecule has 9 nitrogen and oxygen atoms in total. The van der Waals surface area contributed by atoms with E-state index in [1.807, 2.05) is 4.90 Å². The normalized spacial score (nSPS) is 19.7. The largest absolute Gasteiger partial charge is 0.394 e. The number of rotatable bonds is 5. The van der Waals surface area contributed by atoms with E-state index in [0.29, 0.717) is 30.0 Å². The SMILES string of the molecule is N/C(=C\C=C(/N)N1CCc2[nH]cnc2C1c1cc2c(F)cccn2n1)C(=O)NC1CCC1. The first kappa shape index (κ1) is 20.1. The van der Waals surface area contributed by atoms with E-state index >= 15 is 0 Å². The third-order valence-electron chi connectivity index (χ3n) is 6.14. The summed E-state index contributed by atoms with van der Waals surface area (Å²) >= 11 is 0. The number of nitrogens with one attached hydrogen (secondary N) is 2. The van der Waals surface area contributed by atoms with E-state index in [2.05, 4.69) is 20.4 Å². The minimum Gasteiger partial charge on any atom is -0.394 e. The van der Waals surface area contributed by atoms with E-state index in [1.165, 1.54) is 16.7 Å². The number of nitrogens with zero attached hydrogens (tertiary/aromatic N) is 4. The number of hydrogen-bond donors (Lipinski definition) is 4. The number of carbonyl (C=O) groups is 1. The van der Waals surface area contributed by atoms with Crippen molar-refractivity contribution in [2.75, 3.05) is 6.54 Å². The van der Waals surface area contributed by atoms with Gasteiger partial charge in [-0.1, -0.05) is 0 Å². The van der Waals surface area contributed by atoms with E-state index in [-0.39, 0.29) is 23.5 Å². The highest BCUT2D eigenvalue weighted by Gasteiger charge is 2.33. The molecular formula is C22H25FN8O. The lowest BCUT2D eigenvalue weighted by atomic mass is 9.93. The fourth-order valence-corrected chi connectivity index (χ4v) is 4.16. The Labute approximate surface area is 184 Å². The van der Waals surface area contributed by atoms with Crippen molar-refractivity contribution in [1.29, 1.82) is 0 Å². The summed E-state index contributed by atoms with van der Waals surface area (Å²) in [5.41, 5.74) is 15.3. The van der Waals surface area contributed by atoms with Gasteiger partial charge in [0.1, 0.15) is 17.4 Å². The summed E-state index contributed by atoms with van der Waals surface area (Å²) in [6.45, 7) is 0.598. The van der Waals surface area contributed by atoms with Gasteiger partial charge < -0.3 is 26.7 Å². The Morgan fingerprint density at radius 1 is 1.31 bits per heavy atom. The first-order valence-corrected chi connectivity index (χ1v) is 10.7. The number of carbonyl (C=O) groups excluding carboxylic acids is 1. The van der Waals surface area contributed by atoms with Gasteiger partial charge in [-0.05, 0) is 49.6 Å². The minimum atomic E-state index is -0.404. The van der Waals surface area contributed by atoms with Gasteiger partial charge in [-0.25, -0.2) is 13.9 Å². The molecule has 0 radical (unpaired) electrons. The molecule has 0 bridgehead atoms. The number of fused-ring (bicyclic) bond motifs is 2. The monoisotopic (exact) mass is 436 g/mol. The molecule has 0 spiro atoms. The number of imidazole rings is 1. The molecule has 6 N–H and O–H groups in total. The highest BCUT2D eigenvalue weighted by molar-refractivity contribution is 5.92. The fraction of sp³-hybridized carbons (Fsp3) is 0.318. The summed E-state index contributed by atoms with van der Waals surface area (Å²) in [4.78, 5) is 21.8. The van der Waals surface area contributed by atoms with Gasteiger partial charge in [-0.2, -0.15) is 5.10 Å². The molecule has 0 aromatic carbocycles. The maximum Gasteiger partial charge on any atom is 0.267 e. The Morgan fingerprint density at radius 3 is 2.91 bits per heavy atom. The Kier molecular flexibility index (Phi) is 5.04. The third kappa shape index (κ3) is 3.57. The van der Waals surface area contributed by atoms with E-state index < -0.39 is 6.04 Å². The molecule has 2 aliphatic rings. The summed E-state index contributed by atoms with van der Waals surface area (Å²) in [6, 6.07) is 4.51. The zero-order valence-corrected chi connectivity index (χ0v) is 17.5. The summed E-state index contributed by atoms with van der Waals surface area (Å²) in [7, 11) is 0. The molecule has 166 valence electrons. The molecule has 1 amide bonds. The van der Waals surface area contributed by atoms with Gasteiger partial charge in [0.25, 0.3) is 5.91 Å². The highest BCUT2D eigenvalue weighted by atomic mass is 19.1. The van der Waals surface area contributed by atoms with Crippen LogP contribution in [-0.4, -0.2) is 43.0 Å². The second-order valence-corrected chi connectivity index (χ2v) is 8.18. The van der Waals surface area contributed by atoms with Crippen LogP contribution in [0.4, 0.5) is 4.39 Å². The van der Waals surface area contributed by atoms with Gasteiger partial charge in [-0.3, -0.25) is 4.79 Å². The van der Waals surface area contributed by atoms with Crippen LogP contribution in [0, 0.1) is 5.82 Å². The van der Waals surface area contributed by atoms with Crippen LogP contribution in [0.1, 0.15) is 42.4 Å². The predicted octanol–water partition coefficient (Wildman–Crippen LogP) is 1.46. The van der Waals surface area contributed by atoms with E-state index in [9.17, 15) is 9.18 Å². The molecule has 1 fully saturated rings. The number of aromatic amines is 1. The van der Waals surface area contributed by atoms with Crippen LogP contribution in [0.2, 0.25) is 0 Å². The van der Waals surface area contributed by atoms with Gasteiger partial charge in [0, 0.05) is 30.9 Å². The standard InChI is InChI=1S/C22H25FN8O/c23-14-5-2-9-31-18(14)11-17(29-31)21-20-16(26-12-27-20)8-10-30(21)19(25)7-6-15(24)22(32)28-13-3-1-4-13/h2,5-7,9,11-13,21H,1,3-4,8,10,24-25H2,(H,26,27)(H,28,32)/b15-6-,19-7+. The molecular weight excluding hydrogens is 411 g/mol. The average Bonchev–Trinajstić information content (AvgIpc) is 3.41. The van der Waals surface area contributed by atoms with Gasteiger partial charge in [0.15, 0.2) is 0 Å². The first-order chi connectivity index (χ1) is 15.5. The molecule has 1 aliphatic carbocycles. The van der Waals surface area contributed by atoms with Crippen LogP contribution < -0.4 is 16.8 Å². The number of nitrogens with two attached hydrogens (primary N) is 2. The quantitative estimate of drug-likeness (QED) is 0.354. The van der Waals surface area contributed by atoms with E-state index in [4.69, 9.17) is 11.5 Å². The zero-order valence-electron chi connectivity index (χ0n) is 17.5. The van der Waals surface area contributed by atoms with Crippen molar-refractivity contribution < 1.29 is 9.18 Å². The van der Waals surface area contributed by atoms with Crippen LogP contribution in [0.3, 0.4) is 0 Å². The highest BCUT2D eigenvalue weighted by Crippen LogP contribution is 2.34. The van der Waals surface area contributed by atoms with Crippen LogP contribution in [0.15, 0.2) is 54.4 Å². The molecule has 3 aromatic rings. The summed E-state index contributed by atoms with van der Waals surface area (Å²) < 4.78 is 15.8. The van der Waals surface area contributed by atoms with Crippen molar-refractivity contribution in [1.82, 2.24) is 29.8 Å². The Bertz CT molecular complexity index is 1220. The molecule has 3 aromatic heterocycles. The maximum atomic E-state index is 14.3. The second kappa shape index (κ2) is 8.03. The molecule has 1 atom stereocenters. The number of allylic oxidation sites excluding steroid dienone is 2. The van der Waals surface area contributed by atoms with Crippen molar-refractivity contribution in [3.63, 3.8) is 0 Å². The molecule has 1 aliphatic heterocycles. The smallest absolute Gasteiger partial charge is 0.267 e. The van der Waals surface area contributed by atoms with Gasteiger partial charge in [0.2, 0.25) is 0 Å². The Morgan fingerprint density at radius 2 is 2.16 bits per heavy atom. The van der Waals surface area contributed by atoms with Crippen molar-refractivity contribution in [2.45, 2.75) is 37.8 Å². The molecule has 1 unspecified atom stereocenters. The van der Waals surface area contributed by atoms with Crippen molar-refractivity contribution in [2.24, 2.45) is 11.5 Å². The molecule has 10 heteroatoms. The molecule has 1 saturated carbocycles. The minimum absolute atomic E-state index is 0.101. The lowest BCUT2D eigenvalue weighted by Crippen LogP contribution is -2.41. The molecule has 5 rings (SSSR count).